The number of hydrogen-bond acceptors (Lipinski definition) is 6. The van der Waals surface area contributed by atoms with Gasteiger partial charge in [0.2, 0.25) is 0 Å². The minimum Gasteiger partial charge on any atom is -0.486 e. The van der Waals surface area contributed by atoms with E-state index >= 15 is 0 Å². The number of benzene rings is 3. The van der Waals surface area contributed by atoms with Gasteiger partial charge in [0.05, 0.1) is 35.1 Å². The Morgan fingerprint density at radius 3 is 2.71 bits per heavy atom. The Balaban J connectivity index is 1.65. The molecule has 35 heavy (non-hydrogen) atoms. The molecule has 178 valence electrons. The van der Waals surface area contributed by atoms with Gasteiger partial charge in [-0.1, -0.05) is 29.8 Å². The molecule has 10 heteroatoms. The molecule has 0 bridgehead atoms. The van der Waals surface area contributed by atoms with Gasteiger partial charge in [0, 0.05) is 23.6 Å². The van der Waals surface area contributed by atoms with Crippen LogP contribution in [0.1, 0.15) is 6.42 Å². The van der Waals surface area contributed by atoms with Gasteiger partial charge >= 0.3 is 6.09 Å². The minimum absolute atomic E-state index is 0.0374. The molecule has 1 unspecified atom stereocenters. The van der Waals surface area contributed by atoms with E-state index < -0.39 is 11.9 Å². The summed E-state index contributed by atoms with van der Waals surface area (Å²) in [5.74, 6) is 0.214. The Kier molecular flexibility index (Phi) is 6.35. The number of nitrogens with zero attached hydrogens (tertiary/aromatic N) is 3. The number of ether oxygens (including phenoxy) is 2. The van der Waals surface area contributed by atoms with Crippen LogP contribution in [0.5, 0.6) is 5.75 Å². The van der Waals surface area contributed by atoms with Gasteiger partial charge in [-0.15, -0.1) is 0 Å². The van der Waals surface area contributed by atoms with E-state index in [1.807, 2.05) is 0 Å². The first-order valence-corrected chi connectivity index (χ1v) is 11.2. The fourth-order valence-corrected chi connectivity index (χ4v) is 4.05. The van der Waals surface area contributed by atoms with Crippen LogP contribution in [0.2, 0.25) is 5.02 Å². The van der Waals surface area contributed by atoms with Crippen molar-refractivity contribution in [3.63, 3.8) is 0 Å². The van der Waals surface area contributed by atoms with Crippen molar-refractivity contribution in [1.82, 2.24) is 9.97 Å². The van der Waals surface area contributed by atoms with Crippen LogP contribution in [-0.2, 0) is 4.74 Å². The van der Waals surface area contributed by atoms with E-state index in [1.54, 1.807) is 42.5 Å². The lowest BCUT2D eigenvalue weighted by Gasteiger charge is -2.24. The standard InChI is InChI=1S/C25H20ClFN4O4/c26-19-10-15(6-7-20(19)27)30-24-18-11-22(31(25(32)33)16-4-2-1-3-5-16)23(12-21(18)28-14-29-24)35-17-8-9-34-13-17/h1-7,10-12,14,17H,8-9,13H2,(H,32,33)(H,28,29,30). The molecule has 0 spiro atoms. The van der Waals surface area contributed by atoms with Gasteiger partial charge in [0.25, 0.3) is 0 Å². The van der Waals surface area contributed by atoms with E-state index in [2.05, 4.69) is 15.3 Å². The molecular formula is C25H20ClFN4O4. The van der Waals surface area contributed by atoms with E-state index in [-0.39, 0.29) is 11.1 Å². The maximum Gasteiger partial charge on any atom is 0.416 e. The monoisotopic (exact) mass is 494 g/mol. The van der Waals surface area contributed by atoms with Crippen molar-refractivity contribution in [2.75, 3.05) is 23.4 Å². The van der Waals surface area contributed by atoms with Crippen LogP contribution in [0.3, 0.4) is 0 Å². The Bertz CT molecular complexity index is 1380. The molecule has 1 aromatic heterocycles. The quantitative estimate of drug-likeness (QED) is 0.332. The van der Waals surface area contributed by atoms with Crippen molar-refractivity contribution in [2.45, 2.75) is 12.5 Å². The number of nitrogens with one attached hydrogen (secondary N) is 1. The smallest absolute Gasteiger partial charge is 0.416 e. The lowest BCUT2D eigenvalue weighted by molar-refractivity contribution is 0.141. The summed E-state index contributed by atoms with van der Waals surface area (Å²) in [5, 5.41) is 13.8. The highest BCUT2D eigenvalue weighted by atomic mass is 35.5. The lowest BCUT2D eigenvalue weighted by Crippen LogP contribution is -2.25. The number of carboxylic acid groups (broad SMARTS) is 1. The number of carbonyl (C=O) groups is 1. The van der Waals surface area contributed by atoms with Crippen LogP contribution < -0.4 is 15.0 Å². The molecule has 1 atom stereocenters. The molecular weight excluding hydrogens is 475 g/mol. The van der Waals surface area contributed by atoms with Crippen molar-refractivity contribution >= 4 is 51.5 Å². The molecule has 1 fully saturated rings. The number of halogens is 2. The number of aromatic nitrogens is 2. The second-order valence-corrected chi connectivity index (χ2v) is 8.28. The fraction of sp³-hybridized carbons (Fsp3) is 0.160. The molecule has 3 aromatic carbocycles. The zero-order chi connectivity index (χ0) is 24.4. The largest absolute Gasteiger partial charge is 0.486 e. The van der Waals surface area contributed by atoms with Crippen LogP contribution in [0.15, 0.2) is 67.0 Å². The maximum absolute atomic E-state index is 13.6. The van der Waals surface area contributed by atoms with Gasteiger partial charge in [-0.2, -0.15) is 0 Å². The number of rotatable bonds is 6. The summed E-state index contributed by atoms with van der Waals surface area (Å²) in [4.78, 5) is 22.2. The van der Waals surface area contributed by atoms with E-state index in [1.165, 1.54) is 24.5 Å². The third-order valence-electron chi connectivity index (χ3n) is 5.53. The van der Waals surface area contributed by atoms with Crippen LogP contribution in [0.4, 0.5) is 32.1 Å². The molecule has 2 heterocycles. The zero-order valence-corrected chi connectivity index (χ0v) is 19.1. The van der Waals surface area contributed by atoms with Crippen LogP contribution in [-0.4, -0.2) is 40.5 Å². The first kappa shape index (κ1) is 22.8. The second kappa shape index (κ2) is 9.73. The average molecular weight is 495 g/mol. The van der Waals surface area contributed by atoms with Gasteiger partial charge in [-0.05, 0) is 36.4 Å². The fourth-order valence-electron chi connectivity index (χ4n) is 3.87. The minimum atomic E-state index is -1.18. The highest BCUT2D eigenvalue weighted by Gasteiger charge is 2.26. The van der Waals surface area contributed by atoms with Gasteiger partial charge in [-0.3, -0.25) is 0 Å². The number of amides is 1. The molecule has 0 saturated carbocycles. The van der Waals surface area contributed by atoms with Crippen molar-refractivity contribution in [3.8, 4) is 5.75 Å². The topological polar surface area (TPSA) is 96.8 Å². The molecule has 5 rings (SSSR count). The normalized spacial score (nSPS) is 15.2. The summed E-state index contributed by atoms with van der Waals surface area (Å²) in [7, 11) is 0. The highest BCUT2D eigenvalue weighted by molar-refractivity contribution is 6.31. The lowest BCUT2D eigenvalue weighted by atomic mass is 10.1. The predicted molar refractivity (Wildman–Crippen MR) is 131 cm³/mol. The molecule has 1 aliphatic heterocycles. The predicted octanol–water partition coefficient (Wildman–Crippen LogP) is 6.15. The van der Waals surface area contributed by atoms with E-state index in [9.17, 15) is 14.3 Å². The SMILES string of the molecule is O=C(O)N(c1ccccc1)c1cc2c(Nc3ccc(F)c(Cl)c3)ncnc2cc1OC1CCOC1. The summed E-state index contributed by atoms with van der Waals surface area (Å²) >= 11 is 5.92. The Hall–Kier alpha value is -3.95. The highest BCUT2D eigenvalue weighted by Crippen LogP contribution is 2.40. The third-order valence-corrected chi connectivity index (χ3v) is 5.82. The van der Waals surface area contributed by atoms with Crippen LogP contribution in [0, 0.1) is 5.82 Å². The van der Waals surface area contributed by atoms with Crippen molar-refractivity contribution < 1.29 is 23.8 Å². The maximum atomic E-state index is 13.6. The van der Waals surface area contributed by atoms with Crippen molar-refractivity contribution in [2.24, 2.45) is 0 Å². The molecule has 1 amide bonds. The van der Waals surface area contributed by atoms with Crippen molar-refractivity contribution in [1.29, 1.82) is 0 Å². The number of anilines is 4. The Morgan fingerprint density at radius 2 is 2.00 bits per heavy atom. The van der Waals surface area contributed by atoms with Crippen LogP contribution in [0.25, 0.3) is 10.9 Å². The summed E-state index contributed by atoms with van der Waals surface area (Å²) < 4.78 is 25.2. The Morgan fingerprint density at radius 1 is 1.17 bits per heavy atom. The zero-order valence-electron chi connectivity index (χ0n) is 18.3. The third kappa shape index (κ3) is 4.82. The number of fused-ring (bicyclic) bond motifs is 1. The summed E-state index contributed by atoms with van der Waals surface area (Å²) in [6.07, 6.45) is 0.681. The van der Waals surface area contributed by atoms with Gasteiger partial charge < -0.3 is 19.9 Å². The molecule has 0 aliphatic carbocycles. The van der Waals surface area contributed by atoms with E-state index in [4.69, 9.17) is 21.1 Å². The van der Waals surface area contributed by atoms with Crippen LogP contribution >= 0.6 is 11.6 Å². The average Bonchev–Trinajstić information content (AvgIpc) is 3.36. The molecule has 1 aliphatic rings. The van der Waals surface area contributed by atoms with Gasteiger partial charge in [0.15, 0.2) is 0 Å². The molecule has 0 radical (unpaired) electrons. The first-order valence-electron chi connectivity index (χ1n) is 10.8. The van der Waals surface area contributed by atoms with E-state index in [0.29, 0.717) is 59.2 Å². The molecule has 4 aromatic rings. The van der Waals surface area contributed by atoms with Gasteiger partial charge in [-0.25, -0.2) is 24.1 Å². The number of para-hydroxylation sites is 1. The summed E-state index contributed by atoms with van der Waals surface area (Å²) in [6.45, 7) is 0.989. The second-order valence-electron chi connectivity index (χ2n) is 7.87. The Labute approximate surface area is 204 Å². The number of hydrogen-bond donors (Lipinski definition) is 2. The molecule has 2 N–H and O–H groups in total. The van der Waals surface area contributed by atoms with Crippen molar-refractivity contribution in [3.05, 3.63) is 77.8 Å². The first-order chi connectivity index (χ1) is 17.0. The molecule has 8 nitrogen and oxygen atoms in total. The summed E-state index contributed by atoms with van der Waals surface area (Å²) in [6, 6.07) is 16.3. The van der Waals surface area contributed by atoms with Gasteiger partial charge in [0.1, 0.15) is 29.8 Å². The molecule has 1 saturated heterocycles. The summed E-state index contributed by atoms with van der Waals surface area (Å²) in [5.41, 5.74) is 1.80. The van der Waals surface area contributed by atoms with E-state index in [0.717, 1.165) is 4.90 Å².